The van der Waals surface area contributed by atoms with Gasteiger partial charge in [-0.3, -0.25) is 4.79 Å². The van der Waals surface area contributed by atoms with Crippen molar-refractivity contribution in [1.29, 1.82) is 0 Å². The van der Waals surface area contributed by atoms with Gasteiger partial charge >= 0.3 is 0 Å². The molecular weight excluding hydrogens is 219 g/mol. The van der Waals surface area contributed by atoms with E-state index in [0.29, 0.717) is 12.0 Å². The maximum Gasteiger partial charge on any atom is 0.234 e. The summed E-state index contributed by atoms with van der Waals surface area (Å²) in [6.07, 6.45) is 1.95. The van der Waals surface area contributed by atoms with Crippen LogP contribution >= 0.6 is 0 Å². The Kier molecular flexibility index (Phi) is 3.43. The van der Waals surface area contributed by atoms with E-state index in [4.69, 9.17) is 5.73 Å². The maximum absolute atomic E-state index is 12.7. The number of nitrogens with one attached hydrogen (secondary N) is 1. The summed E-state index contributed by atoms with van der Waals surface area (Å²) >= 11 is 0. The predicted octanol–water partition coefficient (Wildman–Crippen LogP) is 1.54. The normalized spacial score (nSPS) is 25.1. The molecule has 0 aromatic heterocycles. The van der Waals surface area contributed by atoms with Crippen molar-refractivity contribution in [2.75, 3.05) is 0 Å². The van der Waals surface area contributed by atoms with Crippen LogP contribution in [0, 0.1) is 5.82 Å². The molecule has 2 rings (SSSR count). The summed E-state index contributed by atoms with van der Waals surface area (Å²) in [5, 5.41) is 3.18. The molecule has 0 heterocycles. The molecule has 1 atom stereocenters. The molecule has 1 unspecified atom stereocenters. The Balaban J connectivity index is 1.83. The molecule has 1 aliphatic carbocycles. The van der Waals surface area contributed by atoms with Crippen LogP contribution in [-0.4, -0.2) is 18.0 Å². The standard InChI is InChI=1S/C13H17FN2O/c1-8(13(15)17)16-12-6-10(7-12)9-2-4-11(14)5-3-9/h2-5,8,10,12,16H,6-7H2,1H3,(H2,15,17). The van der Waals surface area contributed by atoms with Crippen molar-refractivity contribution in [3.8, 4) is 0 Å². The van der Waals surface area contributed by atoms with E-state index >= 15 is 0 Å². The van der Waals surface area contributed by atoms with Gasteiger partial charge in [0.05, 0.1) is 6.04 Å². The molecule has 1 aromatic rings. The van der Waals surface area contributed by atoms with Gasteiger partial charge in [0.15, 0.2) is 0 Å². The van der Waals surface area contributed by atoms with Crippen LogP contribution in [0.25, 0.3) is 0 Å². The lowest BCUT2D eigenvalue weighted by atomic mass is 9.75. The minimum absolute atomic E-state index is 0.204. The first-order valence-corrected chi connectivity index (χ1v) is 5.87. The minimum atomic E-state index is -0.324. The number of nitrogens with two attached hydrogens (primary N) is 1. The quantitative estimate of drug-likeness (QED) is 0.833. The largest absolute Gasteiger partial charge is 0.368 e. The molecule has 3 N–H and O–H groups in total. The van der Waals surface area contributed by atoms with Crippen LogP contribution in [0.5, 0.6) is 0 Å². The van der Waals surface area contributed by atoms with Gasteiger partial charge in [-0.25, -0.2) is 4.39 Å². The highest BCUT2D eigenvalue weighted by Gasteiger charge is 2.31. The summed E-state index contributed by atoms with van der Waals surface area (Å²) < 4.78 is 12.7. The average molecular weight is 236 g/mol. The highest BCUT2D eigenvalue weighted by molar-refractivity contribution is 5.79. The fourth-order valence-corrected chi connectivity index (χ4v) is 2.20. The summed E-state index contributed by atoms with van der Waals surface area (Å²) in [7, 11) is 0. The molecule has 17 heavy (non-hydrogen) atoms. The molecule has 0 spiro atoms. The van der Waals surface area contributed by atoms with Crippen LogP contribution in [0.4, 0.5) is 4.39 Å². The van der Waals surface area contributed by atoms with E-state index in [1.165, 1.54) is 12.1 Å². The molecule has 92 valence electrons. The SMILES string of the molecule is CC(NC1CC(c2ccc(F)cc2)C1)C(N)=O. The van der Waals surface area contributed by atoms with E-state index in [-0.39, 0.29) is 17.8 Å². The zero-order valence-corrected chi connectivity index (χ0v) is 9.82. The van der Waals surface area contributed by atoms with Crippen molar-refractivity contribution in [3.05, 3.63) is 35.6 Å². The van der Waals surface area contributed by atoms with E-state index in [0.717, 1.165) is 18.4 Å². The van der Waals surface area contributed by atoms with Gasteiger partial charge in [-0.2, -0.15) is 0 Å². The van der Waals surface area contributed by atoms with Gasteiger partial charge < -0.3 is 11.1 Å². The van der Waals surface area contributed by atoms with Crippen molar-refractivity contribution in [2.45, 2.75) is 37.8 Å². The average Bonchev–Trinajstić information content (AvgIpc) is 2.24. The molecular formula is C13H17FN2O. The summed E-state index contributed by atoms with van der Waals surface area (Å²) in [5.41, 5.74) is 6.35. The lowest BCUT2D eigenvalue weighted by Crippen LogP contribution is -2.49. The third kappa shape index (κ3) is 2.82. The van der Waals surface area contributed by atoms with Gasteiger partial charge in [0.25, 0.3) is 0 Å². The van der Waals surface area contributed by atoms with Crippen LogP contribution in [-0.2, 0) is 4.79 Å². The van der Waals surface area contributed by atoms with Gasteiger partial charge in [0.2, 0.25) is 5.91 Å². The third-order valence-electron chi connectivity index (χ3n) is 3.39. The first-order chi connectivity index (χ1) is 8.06. The topological polar surface area (TPSA) is 55.1 Å². The zero-order valence-electron chi connectivity index (χ0n) is 9.82. The number of amides is 1. The second-order valence-electron chi connectivity index (χ2n) is 4.71. The summed E-state index contributed by atoms with van der Waals surface area (Å²) in [5.74, 6) is -0.0616. The number of hydrogen-bond donors (Lipinski definition) is 2. The lowest BCUT2D eigenvalue weighted by Gasteiger charge is -2.37. The van der Waals surface area contributed by atoms with Crippen LogP contribution in [0.2, 0.25) is 0 Å². The Bertz CT molecular complexity index is 398. The van der Waals surface area contributed by atoms with Crippen molar-refractivity contribution in [3.63, 3.8) is 0 Å². The molecule has 0 bridgehead atoms. The fourth-order valence-electron chi connectivity index (χ4n) is 2.20. The zero-order chi connectivity index (χ0) is 12.4. The first kappa shape index (κ1) is 12.0. The lowest BCUT2D eigenvalue weighted by molar-refractivity contribution is -0.120. The number of carbonyl (C=O) groups excluding carboxylic acids is 1. The van der Waals surface area contributed by atoms with Crippen LogP contribution in [0.3, 0.4) is 0 Å². The molecule has 3 nitrogen and oxygen atoms in total. The Morgan fingerprint density at radius 2 is 2.00 bits per heavy atom. The van der Waals surface area contributed by atoms with Gasteiger partial charge in [-0.1, -0.05) is 12.1 Å². The summed E-state index contributed by atoms with van der Waals surface area (Å²) in [6.45, 7) is 1.77. The molecule has 1 amide bonds. The molecule has 1 aromatic carbocycles. The molecule has 1 fully saturated rings. The van der Waals surface area contributed by atoms with Crippen molar-refractivity contribution >= 4 is 5.91 Å². The highest BCUT2D eigenvalue weighted by atomic mass is 19.1. The molecule has 0 radical (unpaired) electrons. The Morgan fingerprint density at radius 3 is 2.53 bits per heavy atom. The monoisotopic (exact) mass is 236 g/mol. The van der Waals surface area contributed by atoms with Gasteiger partial charge in [-0.05, 0) is 43.4 Å². The fraction of sp³-hybridized carbons (Fsp3) is 0.462. The van der Waals surface area contributed by atoms with Gasteiger partial charge in [0.1, 0.15) is 5.82 Å². The Hall–Kier alpha value is -1.42. The second-order valence-corrected chi connectivity index (χ2v) is 4.71. The molecule has 1 aliphatic rings. The van der Waals surface area contributed by atoms with Crippen molar-refractivity contribution in [1.82, 2.24) is 5.32 Å². The summed E-state index contributed by atoms with van der Waals surface area (Å²) in [4.78, 5) is 10.9. The first-order valence-electron chi connectivity index (χ1n) is 5.87. The number of rotatable bonds is 4. The van der Waals surface area contributed by atoms with Crippen LogP contribution in [0.1, 0.15) is 31.2 Å². The van der Waals surface area contributed by atoms with Crippen molar-refractivity contribution in [2.24, 2.45) is 5.73 Å². The minimum Gasteiger partial charge on any atom is -0.368 e. The van der Waals surface area contributed by atoms with Crippen molar-refractivity contribution < 1.29 is 9.18 Å². The third-order valence-corrected chi connectivity index (χ3v) is 3.39. The van der Waals surface area contributed by atoms with Crippen LogP contribution in [0.15, 0.2) is 24.3 Å². The van der Waals surface area contributed by atoms with Crippen LogP contribution < -0.4 is 11.1 Å². The second kappa shape index (κ2) is 4.84. The van der Waals surface area contributed by atoms with E-state index in [1.807, 2.05) is 12.1 Å². The Labute approximate surface area is 100 Å². The van der Waals surface area contributed by atoms with Gasteiger partial charge in [0, 0.05) is 6.04 Å². The maximum atomic E-state index is 12.7. The predicted molar refractivity (Wildman–Crippen MR) is 64.0 cm³/mol. The number of benzene rings is 1. The molecule has 0 aliphatic heterocycles. The number of hydrogen-bond acceptors (Lipinski definition) is 2. The molecule has 1 saturated carbocycles. The number of halogens is 1. The summed E-state index contributed by atoms with van der Waals surface area (Å²) in [6, 6.07) is 6.69. The van der Waals surface area contributed by atoms with E-state index in [1.54, 1.807) is 6.92 Å². The Morgan fingerprint density at radius 1 is 1.41 bits per heavy atom. The number of carbonyl (C=O) groups is 1. The highest BCUT2D eigenvalue weighted by Crippen LogP contribution is 2.36. The van der Waals surface area contributed by atoms with E-state index in [2.05, 4.69) is 5.32 Å². The molecule has 4 heteroatoms. The van der Waals surface area contributed by atoms with E-state index in [9.17, 15) is 9.18 Å². The molecule has 0 saturated heterocycles. The van der Waals surface area contributed by atoms with E-state index < -0.39 is 0 Å². The number of primary amides is 1. The smallest absolute Gasteiger partial charge is 0.234 e. The van der Waals surface area contributed by atoms with Gasteiger partial charge in [-0.15, -0.1) is 0 Å².